The monoisotopic (exact) mass is 335 g/mol. The number of ether oxygens (including phenoxy) is 1. The molecule has 1 saturated heterocycles. The Morgan fingerprint density at radius 2 is 2.00 bits per heavy atom. The van der Waals surface area contributed by atoms with E-state index in [9.17, 15) is 4.79 Å². The molecule has 1 unspecified atom stereocenters. The molecular weight excluding hydrogens is 310 g/mol. The first kappa shape index (κ1) is 19.6. The van der Waals surface area contributed by atoms with Gasteiger partial charge >= 0.3 is 12.2 Å². The molecule has 0 saturated carbocycles. The number of anilines is 1. The van der Waals surface area contributed by atoms with E-state index >= 15 is 0 Å². The van der Waals surface area contributed by atoms with Gasteiger partial charge in [0.25, 0.3) is 0 Å². The molecule has 0 aliphatic carbocycles. The van der Waals surface area contributed by atoms with Crippen molar-refractivity contribution in [1.82, 2.24) is 10.3 Å². The van der Waals surface area contributed by atoms with Crippen LogP contribution in [0.25, 0.3) is 0 Å². The van der Waals surface area contributed by atoms with Crippen molar-refractivity contribution < 1.29 is 19.1 Å². The van der Waals surface area contributed by atoms with Gasteiger partial charge in [-0.1, -0.05) is 0 Å². The smallest absolute Gasteiger partial charge is 0.408 e. The molecule has 132 valence electrons. The molecule has 1 amide bonds. The van der Waals surface area contributed by atoms with Crippen LogP contribution >= 0.6 is 0 Å². The van der Waals surface area contributed by atoms with Gasteiger partial charge in [0.05, 0.1) is 17.4 Å². The van der Waals surface area contributed by atoms with E-state index in [4.69, 9.17) is 14.3 Å². The van der Waals surface area contributed by atoms with Gasteiger partial charge in [0.15, 0.2) is 0 Å². The van der Waals surface area contributed by atoms with Crippen LogP contribution < -0.4 is 10.2 Å². The minimum atomic E-state index is -0.473. The first-order valence-corrected chi connectivity index (χ1v) is 7.75. The van der Waals surface area contributed by atoms with Crippen LogP contribution in [0, 0.1) is 6.92 Å². The molecule has 0 aromatic carbocycles. The zero-order valence-electron chi connectivity index (χ0n) is 14.9. The molecule has 24 heavy (non-hydrogen) atoms. The molecule has 1 aliphatic heterocycles. The summed E-state index contributed by atoms with van der Waals surface area (Å²) in [5.74, 6) is 0. The summed E-state index contributed by atoms with van der Waals surface area (Å²) >= 11 is 0. The Hall–Kier alpha value is -2.40. The van der Waals surface area contributed by atoms with Crippen molar-refractivity contribution in [2.75, 3.05) is 18.0 Å². The highest BCUT2D eigenvalue weighted by molar-refractivity contribution is 5.69. The summed E-state index contributed by atoms with van der Waals surface area (Å²) in [6, 6.07) is 2.12. The van der Waals surface area contributed by atoms with Crippen LogP contribution in [0.2, 0.25) is 0 Å². The van der Waals surface area contributed by atoms with E-state index in [1.807, 2.05) is 40.1 Å². The maximum Gasteiger partial charge on any atom is 0.408 e. The lowest BCUT2D eigenvalue weighted by molar-refractivity contribution is -0.191. The summed E-state index contributed by atoms with van der Waals surface area (Å²) in [4.78, 5) is 34.7. The molecule has 1 aromatic rings. The topological polar surface area (TPSA) is 88.6 Å². The van der Waals surface area contributed by atoms with Crippen LogP contribution in [0.3, 0.4) is 0 Å². The van der Waals surface area contributed by atoms with E-state index in [0.717, 1.165) is 30.8 Å². The zero-order chi connectivity index (χ0) is 18.4. The second kappa shape index (κ2) is 7.93. The Morgan fingerprint density at radius 3 is 2.54 bits per heavy atom. The van der Waals surface area contributed by atoms with E-state index in [0.29, 0.717) is 0 Å². The van der Waals surface area contributed by atoms with E-state index in [1.165, 1.54) is 0 Å². The number of pyridine rings is 1. The van der Waals surface area contributed by atoms with E-state index in [2.05, 4.69) is 28.2 Å². The van der Waals surface area contributed by atoms with Gasteiger partial charge in [-0.15, -0.1) is 0 Å². The van der Waals surface area contributed by atoms with Crippen LogP contribution in [0.5, 0.6) is 0 Å². The number of aromatic nitrogens is 1. The lowest BCUT2D eigenvalue weighted by Gasteiger charge is -2.28. The van der Waals surface area contributed by atoms with Crippen LogP contribution in [0.15, 0.2) is 18.5 Å². The van der Waals surface area contributed by atoms with Gasteiger partial charge in [-0.05, 0) is 52.7 Å². The number of alkyl carbamates (subject to hydrolysis) is 1. The predicted molar refractivity (Wildman–Crippen MR) is 88.6 cm³/mol. The Labute approximate surface area is 142 Å². The number of hydrogen-bond acceptors (Lipinski definition) is 6. The number of hydrogen-bond donors (Lipinski definition) is 1. The fourth-order valence-corrected chi connectivity index (χ4v) is 2.55. The van der Waals surface area contributed by atoms with Crippen molar-refractivity contribution >= 4 is 17.9 Å². The average Bonchev–Trinajstić information content (AvgIpc) is 2.79. The van der Waals surface area contributed by atoms with Gasteiger partial charge in [-0.2, -0.15) is 9.59 Å². The van der Waals surface area contributed by atoms with E-state index in [1.54, 1.807) is 0 Å². The van der Waals surface area contributed by atoms with Gasteiger partial charge in [-0.3, -0.25) is 4.98 Å². The third kappa shape index (κ3) is 6.38. The minimum Gasteiger partial charge on any atom is -0.444 e. The minimum absolute atomic E-state index is 0.250. The fourth-order valence-electron chi connectivity index (χ4n) is 2.55. The number of nitrogens with one attached hydrogen (secondary N) is 1. The number of carbonyl (C=O) groups is 1. The van der Waals surface area contributed by atoms with Gasteiger partial charge in [-0.25, -0.2) is 4.79 Å². The molecule has 1 fully saturated rings. The lowest BCUT2D eigenvalue weighted by atomic mass is 10.0. The molecule has 2 rings (SSSR count). The Kier molecular flexibility index (Phi) is 6.49. The highest BCUT2D eigenvalue weighted by Crippen LogP contribution is 2.27. The molecule has 1 aliphatic rings. The van der Waals surface area contributed by atoms with Crippen LogP contribution in [-0.4, -0.2) is 41.5 Å². The van der Waals surface area contributed by atoms with Crippen molar-refractivity contribution in [3.8, 4) is 0 Å². The molecule has 7 nitrogen and oxygen atoms in total. The Bertz CT molecular complexity index is 606. The summed E-state index contributed by atoms with van der Waals surface area (Å²) in [7, 11) is 0. The predicted octanol–water partition coefficient (Wildman–Crippen LogP) is 2.30. The van der Waals surface area contributed by atoms with Crippen LogP contribution in [0.1, 0.15) is 39.7 Å². The average molecular weight is 335 g/mol. The fraction of sp³-hybridized carbons (Fsp3) is 0.588. The number of rotatable bonds is 2. The first-order chi connectivity index (χ1) is 11.1. The number of aryl methyl sites for hydroxylation is 1. The second-order valence-corrected chi connectivity index (χ2v) is 7.16. The van der Waals surface area contributed by atoms with Gasteiger partial charge in [0.1, 0.15) is 5.60 Å². The number of amides is 1. The highest BCUT2D eigenvalue weighted by Gasteiger charge is 2.36. The van der Waals surface area contributed by atoms with Gasteiger partial charge in [0.2, 0.25) is 0 Å². The standard InChI is InChI=1S/C16H25N3O2.CO2/c1-12-8-13(10-17-9-12)19-7-6-16(5,11-19)18-14(20)21-15(2,3)4;2-1-3/h8-10H,6-7,11H2,1-5H3,(H,18,20);. The second-order valence-electron chi connectivity index (χ2n) is 7.16. The number of nitrogens with zero attached hydrogens (tertiary/aromatic N) is 2. The van der Waals surface area contributed by atoms with Gasteiger partial charge in [0, 0.05) is 19.3 Å². The molecule has 0 radical (unpaired) electrons. The SMILES string of the molecule is Cc1cncc(N2CCC(C)(NC(=O)OC(C)(C)C)C2)c1.O=C=O. The molecule has 1 aromatic heterocycles. The van der Waals surface area contributed by atoms with Crippen molar-refractivity contribution in [2.45, 2.75) is 52.2 Å². The maximum atomic E-state index is 12.0. The van der Waals surface area contributed by atoms with Crippen molar-refractivity contribution in [3.63, 3.8) is 0 Å². The summed E-state index contributed by atoms with van der Waals surface area (Å²) in [5.41, 5.74) is 1.50. The van der Waals surface area contributed by atoms with Gasteiger partial charge < -0.3 is 15.0 Å². The largest absolute Gasteiger partial charge is 0.444 e. The summed E-state index contributed by atoms with van der Waals surface area (Å²) in [6.45, 7) is 11.4. The van der Waals surface area contributed by atoms with Crippen LogP contribution in [-0.2, 0) is 14.3 Å². The van der Waals surface area contributed by atoms with Crippen molar-refractivity contribution in [3.05, 3.63) is 24.0 Å². The van der Waals surface area contributed by atoms with E-state index < -0.39 is 5.60 Å². The normalized spacial score (nSPS) is 19.8. The van der Waals surface area contributed by atoms with E-state index in [-0.39, 0.29) is 17.8 Å². The number of carbonyl (C=O) groups excluding carboxylic acids is 3. The first-order valence-electron chi connectivity index (χ1n) is 7.75. The van der Waals surface area contributed by atoms with Crippen molar-refractivity contribution in [1.29, 1.82) is 0 Å². The molecule has 1 atom stereocenters. The summed E-state index contributed by atoms with van der Waals surface area (Å²) in [6.07, 6.45) is 4.50. The molecule has 0 spiro atoms. The molecule has 0 bridgehead atoms. The summed E-state index contributed by atoms with van der Waals surface area (Å²) in [5, 5.41) is 3.00. The Balaban J connectivity index is 0.000000891. The lowest BCUT2D eigenvalue weighted by Crippen LogP contribution is -2.49. The molecular formula is C17H25N3O4. The zero-order valence-corrected chi connectivity index (χ0v) is 14.9. The van der Waals surface area contributed by atoms with Crippen molar-refractivity contribution in [2.24, 2.45) is 0 Å². The third-order valence-electron chi connectivity index (χ3n) is 3.50. The third-order valence-corrected chi connectivity index (χ3v) is 3.50. The molecule has 1 N–H and O–H groups in total. The maximum absolute atomic E-state index is 12.0. The quantitative estimate of drug-likeness (QED) is 0.892. The molecule has 7 heteroatoms. The highest BCUT2D eigenvalue weighted by atomic mass is 16.6. The summed E-state index contributed by atoms with van der Waals surface area (Å²) < 4.78 is 5.34. The Morgan fingerprint density at radius 1 is 1.38 bits per heavy atom. The van der Waals surface area contributed by atoms with Crippen LogP contribution in [0.4, 0.5) is 10.5 Å². The molecule has 2 heterocycles.